The minimum Gasteiger partial charge on any atom is -0.376 e. The van der Waals surface area contributed by atoms with E-state index < -0.39 is 22.5 Å². The number of aryl methyl sites for hydroxylation is 1. The Labute approximate surface area is 231 Å². The number of nitrogens with one attached hydrogen (secondary N) is 2. The van der Waals surface area contributed by atoms with E-state index >= 15 is 0 Å². The highest BCUT2D eigenvalue weighted by molar-refractivity contribution is 7.92. The summed E-state index contributed by atoms with van der Waals surface area (Å²) < 4.78 is 33.7. The van der Waals surface area contributed by atoms with Crippen molar-refractivity contribution >= 4 is 56.4 Å². The fraction of sp³-hybridized carbons (Fsp3) is 0.259. The molecule has 0 radical (unpaired) electrons. The van der Waals surface area contributed by atoms with Crippen LogP contribution in [0.3, 0.4) is 0 Å². The molecule has 1 aliphatic rings. The molecule has 4 rings (SSSR count). The number of hydrogen-bond acceptors (Lipinski definition) is 5. The number of hydrogen-bond donors (Lipinski definition) is 2. The molecule has 1 saturated heterocycles. The Bertz CT molecular complexity index is 1400. The van der Waals surface area contributed by atoms with Crippen molar-refractivity contribution < 1.29 is 22.7 Å². The molecule has 1 heterocycles. The second-order valence-electron chi connectivity index (χ2n) is 8.89. The SMILES string of the molecule is Cc1ccc(S(=O)(=O)N(CC(=O)Nc2ccccc2C(=O)NC[C@H]2CCCO2)c2cc(Cl)cc(Cl)c2)cc1. The molecule has 3 aromatic rings. The lowest BCUT2D eigenvalue weighted by Gasteiger charge is -2.25. The molecule has 1 fully saturated rings. The zero-order chi connectivity index (χ0) is 27.3. The van der Waals surface area contributed by atoms with Gasteiger partial charge in [-0.25, -0.2) is 8.42 Å². The first kappa shape index (κ1) is 27.9. The Hall–Kier alpha value is -3.11. The van der Waals surface area contributed by atoms with Crippen LogP contribution >= 0.6 is 23.2 Å². The highest BCUT2D eigenvalue weighted by atomic mass is 35.5. The highest BCUT2D eigenvalue weighted by Gasteiger charge is 2.28. The lowest BCUT2D eigenvalue weighted by Crippen LogP contribution is -2.38. The molecule has 2 amide bonds. The number of para-hydroxylation sites is 1. The highest BCUT2D eigenvalue weighted by Crippen LogP contribution is 2.30. The van der Waals surface area contributed by atoms with Crippen LogP contribution in [0.25, 0.3) is 0 Å². The quantitative estimate of drug-likeness (QED) is 0.371. The number of amides is 2. The van der Waals surface area contributed by atoms with Crippen LogP contribution in [0.15, 0.2) is 71.6 Å². The van der Waals surface area contributed by atoms with Crippen LogP contribution in [0.2, 0.25) is 10.0 Å². The predicted octanol–water partition coefficient (Wildman–Crippen LogP) is 5.04. The van der Waals surface area contributed by atoms with E-state index in [-0.39, 0.29) is 43.9 Å². The summed E-state index contributed by atoms with van der Waals surface area (Å²) in [4.78, 5) is 26.0. The molecular formula is C27H27Cl2N3O5S. The molecule has 1 aliphatic heterocycles. The van der Waals surface area contributed by atoms with Gasteiger partial charge >= 0.3 is 0 Å². The Kier molecular flexibility index (Phi) is 8.94. The standard InChI is InChI=1S/C27H27Cl2N3O5S/c1-18-8-10-23(11-9-18)38(35,36)32(21-14-19(28)13-20(29)15-21)17-26(33)31-25-7-3-2-6-24(25)27(34)30-16-22-5-4-12-37-22/h2-3,6-11,13-15,22H,4-5,12,16-17H2,1H3,(H,30,34)(H,31,33)/t22-/m1/s1. The summed E-state index contributed by atoms with van der Waals surface area (Å²) in [5, 5.41) is 5.94. The summed E-state index contributed by atoms with van der Waals surface area (Å²) in [5.41, 5.74) is 1.51. The average Bonchev–Trinajstić information content (AvgIpc) is 3.39. The van der Waals surface area contributed by atoms with Gasteiger partial charge in [0.2, 0.25) is 5.91 Å². The summed E-state index contributed by atoms with van der Waals surface area (Å²) in [7, 11) is -4.17. The lowest BCUT2D eigenvalue weighted by atomic mass is 10.1. The molecule has 11 heteroatoms. The van der Waals surface area contributed by atoms with Crippen molar-refractivity contribution in [3.8, 4) is 0 Å². The maximum atomic E-state index is 13.6. The number of halogens is 2. The zero-order valence-corrected chi connectivity index (χ0v) is 22.9. The molecule has 0 spiro atoms. The van der Waals surface area contributed by atoms with Crippen LogP contribution in [0, 0.1) is 6.92 Å². The summed E-state index contributed by atoms with van der Waals surface area (Å²) in [5.74, 6) is -1.03. The normalized spacial score (nSPS) is 15.2. The van der Waals surface area contributed by atoms with Crippen molar-refractivity contribution in [1.29, 1.82) is 0 Å². The van der Waals surface area contributed by atoms with Gasteiger partial charge in [-0.3, -0.25) is 13.9 Å². The Morgan fingerprint density at radius 2 is 1.71 bits per heavy atom. The number of carbonyl (C=O) groups is 2. The molecular weight excluding hydrogens is 549 g/mol. The van der Waals surface area contributed by atoms with Gasteiger partial charge in [0.15, 0.2) is 0 Å². The Balaban J connectivity index is 1.58. The minimum absolute atomic E-state index is 0.000840. The van der Waals surface area contributed by atoms with Crippen molar-refractivity contribution in [2.75, 3.05) is 29.3 Å². The van der Waals surface area contributed by atoms with Crippen LogP contribution in [0.5, 0.6) is 0 Å². The lowest BCUT2D eigenvalue weighted by molar-refractivity contribution is -0.114. The molecule has 3 aromatic carbocycles. The molecule has 0 bridgehead atoms. The molecule has 0 unspecified atom stereocenters. The molecule has 8 nitrogen and oxygen atoms in total. The maximum absolute atomic E-state index is 13.6. The van der Waals surface area contributed by atoms with Gasteiger partial charge in [-0.15, -0.1) is 0 Å². The molecule has 38 heavy (non-hydrogen) atoms. The number of nitrogens with zero attached hydrogens (tertiary/aromatic N) is 1. The topological polar surface area (TPSA) is 105 Å². The van der Waals surface area contributed by atoms with Crippen molar-refractivity contribution in [2.24, 2.45) is 0 Å². The number of sulfonamides is 1. The van der Waals surface area contributed by atoms with E-state index in [1.165, 1.54) is 30.3 Å². The van der Waals surface area contributed by atoms with Gasteiger partial charge in [0.1, 0.15) is 6.54 Å². The smallest absolute Gasteiger partial charge is 0.264 e. The Morgan fingerprint density at radius 1 is 1.03 bits per heavy atom. The van der Waals surface area contributed by atoms with E-state index in [9.17, 15) is 18.0 Å². The van der Waals surface area contributed by atoms with E-state index in [1.54, 1.807) is 36.4 Å². The number of benzene rings is 3. The van der Waals surface area contributed by atoms with Crippen LogP contribution in [0.1, 0.15) is 28.8 Å². The van der Waals surface area contributed by atoms with Gasteiger partial charge < -0.3 is 15.4 Å². The minimum atomic E-state index is -4.17. The third-order valence-corrected chi connectivity index (χ3v) is 8.22. The van der Waals surface area contributed by atoms with Gasteiger partial charge in [0.05, 0.1) is 27.9 Å². The van der Waals surface area contributed by atoms with E-state index in [0.29, 0.717) is 13.2 Å². The van der Waals surface area contributed by atoms with Crippen LogP contribution in [-0.4, -0.2) is 46.0 Å². The van der Waals surface area contributed by atoms with Crippen molar-refractivity contribution in [2.45, 2.75) is 30.8 Å². The number of anilines is 2. The van der Waals surface area contributed by atoms with Crippen molar-refractivity contribution in [3.05, 3.63) is 87.9 Å². The van der Waals surface area contributed by atoms with E-state index in [4.69, 9.17) is 27.9 Å². The van der Waals surface area contributed by atoms with Gasteiger partial charge in [-0.1, -0.05) is 53.0 Å². The largest absolute Gasteiger partial charge is 0.376 e. The third-order valence-electron chi connectivity index (χ3n) is 5.99. The Morgan fingerprint density at radius 3 is 2.37 bits per heavy atom. The number of ether oxygens (including phenoxy) is 1. The molecule has 0 saturated carbocycles. The predicted molar refractivity (Wildman–Crippen MR) is 149 cm³/mol. The van der Waals surface area contributed by atoms with Crippen molar-refractivity contribution in [1.82, 2.24) is 5.32 Å². The van der Waals surface area contributed by atoms with Gasteiger partial charge in [0, 0.05) is 23.2 Å². The van der Waals surface area contributed by atoms with Crippen LogP contribution in [-0.2, 0) is 19.6 Å². The van der Waals surface area contributed by atoms with Gasteiger partial charge in [0.25, 0.3) is 15.9 Å². The second-order valence-corrected chi connectivity index (χ2v) is 11.6. The number of carbonyl (C=O) groups excluding carboxylic acids is 2. The summed E-state index contributed by atoms with van der Waals surface area (Å²) in [6.07, 6.45) is 1.79. The van der Waals surface area contributed by atoms with E-state index in [1.807, 2.05) is 6.92 Å². The maximum Gasteiger partial charge on any atom is 0.264 e. The van der Waals surface area contributed by atoms with Gasteiger partial charge in [-0.2, -0.15) is 0 Å². The molecule has 0 aromatic heterocycles. The summed E-state index contributed by atoms with van der Waals surface area (Å²) >= 11 is 12.3. The molecule has 1 atom stereocenters. The van der Waals surface area contributed by atoms with Crippen LogP contribution < -0.4 is 14.9 Å². The number of rotatable bonds is 9. The fourth-order valence-electron chi connectivity index (χ4n) is 4.05. The third kappa shape index (κ3) is 6.85. The molecule has 200 valence electrons. The zero-order valence-electron chi connectivity index (χ0n) is 20.6. The monoisotopic (exact) mass is 575 g/mol. The van der Waals surface area contributed by atoms with Crippen LogP contribution in [0.4, 0.5) is 11.4 Å². The van der Waals surface area contributed by atoms with E-state index in [0.717, 1.165) is 22.7 Å². The van der Waals surface area contributed by atoms with E-state index in [2.05, 4.69) is 10.6 Å². The first-order valence-electron chi connectivity index (χ1n) is 12.0. The fourth-order valence-corrected chi connectivity index (χ4v) is 5.97. The molecule has 0 aliphatic carbocycles. The summed E-state index contributed by atoms with van der Waals surface area (Å²) in [6.45, 7) is 2.29. The van der Waals surface area contributed by atoms with Gasteiger partial charge in [-0.05, 0) is 62.2 Å². The first-order valence-corrected chi connectivity index (χ1v) is 14.2. The first-order chi connectivity index (χ1) is 18.1. The summed E-state index contributed by atoms with van der Waals surface area (Å²) in [6, 6.07) is 17.1. The molecule has 2 N–H and O–H groups in total. The average molecular weight is 577 g/mol. The second kappa shape index (κ2) is 12.2. The van der Waals surface area contributed by atoms with Crippen molar-refractivity contribution in [3.63, 3.8) is 0 Å².